The van der Waals surface area contributed by atoms with Crippen molar-refractivity contribution in [3.05, 3.63) is 82.7 Å². The normalized spacial score (nSPS) is 11.6. The standard InChI is InChI=1S/C22H26N4O4S/c1-16-11-17(2)26(24-16)15-19-8-5-7-18(12-19)14-23-22(27)20-9-6-10-21(13-20)31(28,29)25(3)30-4/h5-13H,14-15H2,1-4H3,(H,23,27). The van der Waals surface area contributed by atoms with Gasteiger partial charge in [0.15, 0.2) is 0 Å². The molecule has 1 N–H and O–H groups in total. The first kappa shape index (κ1) is 22.7. The van der Waals surface area contributed by atoms with Gasteiger partial charge in [-0.15, -0.1) is 0 Å². The van der Waals surface area contributed by atoms with Gasteiger partial charge in [0, 0.05) is 24.8 Å². The summed E-state index contributed by atoms with van der Waals surface area (Å²) < 4.78 is 27.5. The molecular weight excluding hydrogens is 416 g/mol. The molecule has 0 radical (unpaired) electrons. The molecule has 0 aliphatic carbocycles. The van der Waals surface area contributed by atoms with Crippen molar-refractivity contribution < 1.29 is 18.0 Å². The van der Waals surface area contributed by atoms with Crippen LogP contribution in [0.5, 0.6) is 0 Å². The minimum absolute atomic E-state index is 0.0172. The maximum atomic E-state index is 12.6. The summed E-state index contributed by atoms with van der Waals surface area (Å²) in [6.07, 6.45) is 0. The van der Waals surface area contributed by atoms with Crippen molar-refractivity contribution in [2.45, 2.75) is 31.8 Å². The highest BCUT2D eigenvalue weighted by molar-refractivity contribution is 7.89. The lowest BCUT2D eigenvalue weighted by molar-refractivity contribution is -0.0258. The lowest BCUT2D eigenvalue weighted by Gasteiger charge is -2.14. The molecule has 3 aromatic rings. The van der Waals surface area contributed by atoms with E-state index >= 15 is 0 Å². The maximum Gasteiger partial charge on any atom is 0.264 e. The van der Waals surface area contributed by atoms with Crippen LogP contribution in [0.2, 0.25) is 0 Å². The Hall–Kier alpha value is -3.01. The lowest BCUT2D eigenvalue weighted by Crippen LogP contribution is -2.27. The van der Waals surface area contributed by atoms with Gasteiger partial charge in [-0.3, -0.25) is 14.3 Å². The van der Waals surface area contributed by atoms with Crippen LogP contribution < -0.4 is 5.32 Å². The number of benzene rings is 2. The van der Waals surface area contributed by atoms with E-state index in [0.717, 1.165) is 27.0 Å². The largest absolute Gasteiger partial charge is 0.348 e. The first-order valence-corrected chi connectivity index (χ1v) is 11.1. The van der Waals surface area contributed by atoms with E-state index < -0.39 is 10.0 Å². The van der Waals surface area contributed by atoms with Gasteiger partial charge in [-0.25, -0.2) is 8.42 Å². The molecule has 0 bridgehead atoms. The fraction of sp³-hybridized carbons (Fsp3) is 0.273. The Bertz CT molecular complexity index is 1190. The van der Waals surface area contributed by atoms with Crippen molar-refractivity contribution >= 4 is 15.9 Å². The molecule has 3 rings (SSSR count). The maximum absolute atomic E-state index is 12.6. The molecule has 1 heterocycles. The van der Waals surface area contributed by atoms with Gasteiger partial charge in [0.25, 0.3) is 15.9 Å². The number of aryl methyl sites for hydroxylation is 2. The molecule has 164 valence electrons. The molecule has 0 fully saturated rings. The van der Waals surface area contributed by atoms with E-state index in [-0.39, 0.29) is 16.4 Å². The molecule has 0 saturated carbocycles. The van der Waals surface area contributed by atoms with Crippen LogP contribution in [-0.2, 0) is 28.0 Å². The van der Waals surface area contributed by atoms with Crippen molar-refractivity contribution in [3.8, 4) is 0 Å². The quantitative estimate of drug-likeness (QED) is 0.542. The van der Waals surface area contributed by atoms with Gasteiger partial charge in [-0.2, -0.15) is 5.10 Å². The van der Waals surface area contributed by atoms with Crippen molar-refractivity contribution in [3.63, 3.8) is 0 Å². The van der Waals surface area contributed by atoms with Gasteiger partial charge in [-0.05, 0) is 49.2 Å². The molecule has 8 nitrogen and oxygen atoms in total. The van der Waals surface area contributed by atoms with Crippen LogP contribution in [0.4, 0.5) is 0 Å². The van der Waals surface area contributed by atoms with Gasteiger partial charge >= 0.3 is 0 Å². The number of aromatic nitrogens is 2. The summed E-state index contributed by atoms with van der Waals surface area (Å²) >= 11 is 0. The highest BCUT2D eigenvalue weighted by Crippen LogP contribution is 2.16. The first-order valence-electron chi connectivity index (χ1n) is 9.71. The molecule has 2 aromatic carbocycles. The third-order valence-corrected chi connectivity index (χ3v) is 6.55. The van der Waals surface area contributed by atoms with E-state index in [4.69, 9.17) is 4.84 Å². The predicted octanol–water partition coefficient (Wildman–Crippen LogP) is 2.66. The zero-order valence-corrected chi connectivity index (χ0v) is 18.8. The van der Waals surface area contributed by atoms with E-state index in [1.807, 2.05) is 48.9 Å². The minimum Gasteiger partial charge on any atom is -0.348 e. The number of hydrogen-bond donors (Lipinski definition) is 1. The number of carbonyl (C=O) groups excluding carboxylic acids is 1. The predicted molar refractivity (Wildman–Crippen MR) is 117 cm³/mol. The second-order valence-electron chi connectivity index (χ2n) is 7.21. The fourth-order valence-corrected chi connectivity index (χ4v) is 4.19. The van der Waals surface area contributed by atoms with Crippen LogP contribution in [-0.4, -0.2) is 42.7 Å². The molecule has 0 unspecified atom stereocenters. The number of rotatable bonds is 8. The Balaban J connectivity index is 1.69. The van der Waals surface area contributed by atoms with Crippen molar-refractivity contribution in [1.82, 2.24) is 19.6 Å². The first-order chi connectivity index (χ1) is 14.7. The molecule has 0 atom stereocenters. The number of sulfonamides is 1. The van der Waals surface area contributed by atoms with Gasteiger partial charge in [0.2, 0.25) is 0 Å². The van der Waals surface area contributed by atoms with Crippen molar-refractivity contribution in [1.29, 1.82) is 0 Å². The third kappa shape index (κ3) is 5.38. The summed E-state index contributed by atoms with van der Waals surface area (Å²) in [6, 6.07) is 15.8. The molecular formula is C22H26N4O4S. The van der Waals surface area contributed by atoms with Crippen LogP contribution in [0, 0.1) is 13.8 Å². The minimum atomic E-state index is -3.83. The van der Waals surface area contributed by atoms with Crippen LogP contribution in [0.25, 0.3) is 0 Å². The van der Waals surface area contributed by atoms with Crippen LogP contribution in [0.15, 0.2) is 59.5 Å². The molecule has 31 heavy (non-hydrogen) atoms. The monoisotopic (exact) mass is 442 g/mol. The summed E-state index contributed by atoms with van der Waals surface area (Å²) in [5.41, 5.74) is 4.33. The molecule has 0 spiro atoms. The number of carbonyl (C=O) groups is 1. The molecule has 0 aliphatic rings. The van der Waals surface area contributed by atoms with Gasteiger partial charge in [-0.1, -0.05) is 34.8 Å². The molecule has 9 heteroatoms. The fourth-order valence-electron chi connectivity index (χ4n) is 3.17. The Labute approximate surface area is 182 Å². The van der Waals surface area contributed by atoms with E-state index in [9.17, 15) is 13.2 Å². The van der Waals surface area contributed by atoms with E-state index in [1.165, 1.54) is 32.4 Å². The van der Waals surface area contributed by atoms with Crippen LogP contribution in [0.1, 0.15) is 32.9 Å². The summed E-state index contributed by atoms with van der Waals surface area (Å²) in [6.45, 7) is 4.94. The Morgan fingerprint density at radius 2 is 1.81 bits per heavy atom. The third-order valence-electron chi connectivity index (χ3n) is 4.87. The zero-order valence-electron chi connectivity index (χ0n) is 18.0. The number of amides is 1. The van der Waals surface area contributed by atoms with Crippen molar-refractivity contribution in [2.24, 2.45) is 0 Å². The summed E-state index contributed by atoms with van der Waals surface area (Å²) in [4.78, 5) is 17.4. The Morgan fingerprint density at radius 3 is 2.48 bits per heavy atom. The summed E-state index contributed by atoms with van der Waals surface area (Å²) in [7, 11) is -1.27. The topological polar surface area (TPSA) is 93.5 Å². The van der Waals surface area contributed by atoms with Crippen molar-refractivity contribution in [2.75, 3.05) is 14.2 Å². The number of nitrogens with zero attached hydrogens (tertiary/aromatic N) is 3. The Kier molecular flexibility index (Phi) is 6.89. The lowest BCUT2D eigenvalue weighted by atomic mass is 10.1. The van der Waals surface area contributed by atoms with E-state index in [0.29, 0.717) is 13.1 Å². The number of hydroxylamine groups is 1. The summed E-state index contributed by atoms with van der Waals surface area (Å²) in [5, 5.41) is 7.32. The highest BCUT2D eigenvalue weighted by Gasteiger charge is 2.21. The van der Waals surface area contributed by atoms with E-state index in [1.54, 1.807) is 6.07 Å². The van der Waals surface area contributed by atoms with Gasteiger partial charge in [0.05, 0.1) is 24.2 Å². The average molecular weight is 443 g/mol. The smallest absolute Gasteiger partial charge is 0.264 e. The van der Waals surface area contributed by atoms with E-state index in [2.05, 4.69) is 10.4 Å². The number of hydrogen-bond acceptors (Lipinski definition) is 5. The second-order valence-corrected chi connectivity index (χ2v) is 9.15. The SMILES string of the molecule is CON(C)S(=O)(=O)c1cccc(C(=O)NCc2cccc(Cn3nc(C)cc3C)c2)c1. The van der Waals surface area contributed by atoms with Crippen LogP contribution >= 0.6 is 0 Å². The van der Waals surface area contributed by atoms with Gasteiger partial charge in [0.1, 0.15) is 0 Å². The zero-order chi connectivity index (χ0) is 22.6. The molecule has 0 saturated heterocycles. The molecule has 1 amide bonds. The molecule has 0 aliphatic heterocycles. The van der Waals surface area contributed by atoms with Gasteiger partial charge < -0.3 is 5.32 Å². The number of nitrogens with one attached hydrogen (secondary N) is 1. The second kappa shape index (κ2) is 9.42. The Morgan fingerprint density at radius 1 is 1.10 bits per heavy atom. The molecule has 1 aromatic heterocycles. The highest BCUT2D eigenvalue weighted by atomic mass is 32.2. The summed E-state index contributed by atoms with van der Waals surface area (Å²) in [5.74, 6) is -0.360. The average Bonchev–Trinajstić information content (AvgIpc) is 3.08. The van der Waals surface area contributed by atoms with Crippen LogP contribution in [0.3, 0.4) is 0 Å².